The molecule has 0 aromatic carbocycles. The monoisotopic (exact) mass is 196 g/mol. The second-order valence-corrected chi connectivity index (χ2v) is 3.02. The minimum Gasteiger partial charge on any atom is -0.395 e. The maximum atomic E-state index is 9.95. The van der Waals surface area contributed by atoms with Gasteiger partial charge in [0.2, 0.25) is 0 Å². The fraction of sp³-hybridized carbons (Fsp3) is 0.833. The van der Waals surface area contributed by atoms with Crippen molar-refractivity contribution >= 4 is 18.9 Å². The molecule has 4 N–H and O–H groups in total. The number of carbonyl (C=O) groups is 1. The van der Waals surface area contributed by atoms with Crippen molar-refractivity contribution in [2.24, 2.45) is 0 Å². The highest BCUT2D eigenvalue weighted by Gasteiger charge is 2.28. The molecule has 0 radical (unpaired) electrons. The molecule has 0 unspecified atom stereocenters. The molecule has 12 heavy (non-hydrogen) atoms. The molecule has 0 spiro atoms. The van der Waals surface area contributed by atoms with Crippen LogP contribution in [0.5, 0.6) is 0 Å². The molecule has 6 heteroatoms. The molecule has 0 aromatic heterocycles. The van der Waals surface area contributed by atoms with Gasteiger partial charge in [-0.3, -0.25) is 0 Å². The van der Waals surface area contributed by atoms with Crippen molar-refractivity contribution in [3.05, 3.63) is 0 Å². The molecule has 0 fully saturated rings. The van der Waals surface area contributed by atoms with Crippen molar-refractivity contribution in [3.63, 3.8) is 0 Å². The summed E-state index contributed by atoms with van der Waals surface area (Å²) in [5, 5.41) is 34.4. The van der Waals surface area contributed by atoms with Crippen LogP contribution >= 0.6 is 12.6 Å². The van der Waals surface area contributed by atoms with Crippen molar-refractivity contribution in [2.45, 2.75) is 23.6 Å². The number of aliphatic hydroxyl groups excluding tert-OH is 4. The molecule has 0 saturated heterocycles. The van der Waals surface area contributed by atoms with E-state index in [4.69, 9.17) is 20.4 Å². The highest BCUT2D eigenvalue weighted by molar-refractivity contribution is 7.81. The van der Waals surface area contributed by atoms with Gasteiger partial charge in [-0.25, -0.2) is 0 Å². The predicted molar refractivity (Wildman–Crippen MR) is 43.9 cm³/mol. The van der Waals surface area contributed by atoms with E-state index in [2.05, 4.69) is 12.6 Å². The van der Waals surface area contributed by atoms with Crippen LogP contribution in [0.2, 0.25) is 0 Å². The fourth-order valence-electron chi connectivity index (χ4n) is 0.618. The summed E-state index contributed by atoms with van der Waals surface area (Å²) >= 11 is 3.71. The number of rotatable bonds is 5. The third kappa shape index (κ3) is 3.08. The average molecular weight is 196 g/mol. The second-order valence-electron chi connectivity index (χ2n) is 2.36. The fourth-order valence-corrected chi connectivity index (χ4v) is 0.794. The van der Waals surface area contributed by atoms with Gasteiger partial charge in [-0.2, -0.15) is 12.6 Å². The number of hydrogen-bond acceptors (Lipinski definition) is 6. The number of aldehydes is 1. The lowest BCUT2D eigenvalue weighted by Gasteiger charge is -2.22. The Kier molecular flexibility index (Phi) is 5.43. The van der Waals surface area contributed by atoms with E-state index in [1.807, 2.05) is 0 Å². The Labute approximate surface area is 75.1 Å². The van der Waals surface area contributed by atoms with Gasteiger partial charge in [-0.05, 0) is 0 Å². The van der Waals surface area contributed by atoms with Crippen LogP contribution in [-0.4, -0.2) is 56.9 Å². The molecular formula is C6H12O5S. The standard InChI is InChI=1S/C6H12O5S/c7-1-3(9)5(10)6(11)4(12)2-8/h1,3-6,8-12H,2H2/t3-,4-,5-,6-/m1/s1. The third-order valence-corrected chi connectivity index (χ3v) is 1.89. The third-order valence-electron chi connectivity index (χ3n) is 1.42. The molecule has 0 aromatic rings. The summed E-state index contributed by atoms with van der Waals surface area (Å²) in [6, 6.07) is 0. The Balaban J connectivity index is 4.07. The first kappa shape index (κ1) is 11.9. The minimum atomic E-state index is -1.65. The van der Waals surface area contributed by atoms with Gasteiger partial charge < -0.3 is 25.2 Å². The molecule has 0 saturated carbocycles. The summed E-state index contributed by atoms with van der Waals surface area (Å²) in [6.07, 6.45) is -4.59. The van der Waals surface area contributed by atoms with E-state index in [0.29, 0.717) is 0 Å². The first-order valence-electron chi connectivity index (χ1n) is 3.33. The topological polar surface area (TPSA) is 98.0 Å². The van der Waals surface area contributed by atoms with Gasteiger partial charge in [0.25, 0.3) is 0 Å². The van der Waals surface area contributed by atoms with Crippen molar-refractivity contribution in [1.82, 2.24) is 0 Å². The highest BCUT2D eigenvalue weighted by Crippen LogP contribution is 2.08. The van der Waals surface area contributed by atoms with Gasteiger partial charge in [-0.1, -0.05) is 0 Å². The van der Waals surface area contributed by atoms with Crippen LogP contribution in [0.1, 0.15) is 0 Å². The van der Waals surface area contributed by atoms with E-state index in [1.54, 1.807) is 0 Å². The lowest BCUT2D eigenvalue weighted by molar-refractivity contribution is -0.126. The highest BCUT2D eigenvalue weighted by atomic mass is 32.1. The van der Waals surface area contributed by atoms with Gasteiger partial charge in [0.05, 0.1) is 18.0 Å². The Hall–Kier alpha value is -0.140. The van der Waals surface area contributed by atoms with Crippen molar-refractivity contribution in [3.8, 4) is 0 Å². The van der Waals surface area contributed by atoms with Crippen molar-refractivity contribution in [2.75, 3.05) is 6.61 Å². The maximum absolute atomic E-state index is 9.95. The molecule has 0 aliphatic heterocycles. The lowest BCUT2D eigenvalue weighted by Crippen LogP contribution is -2.44. The Morgan fingerprint density at radius 3 is 2.08 bits per heavy atom. The number of aliphatic hydroxyl groups is 4. The summed E-state index contributed by atoms with van der Waals surface area (Å²) < 4.78 is 0. The second kappa shape index (κ2) is 5.50. The van der Waals surface area contributed by atoms with E-state index >= 15 is 0 Å². The molecule has 4 atom stereocenters. The SMILES string of the molecule is O=C[C@@H](O)[C@@H](O)[C@H](O)[C@H](S)CO. The lowest BCUT2D eigenvalue weighted by atomic mass is 10.1. The largest absolute Gasteiger partial charge is 0.395 e. The number of carbonyl (C=O) groups excluding carboxylic acids is 1. The van der Waals surface area contributed by atoms with Crippen LogP contribution in [0, 0.1) is 0 Å². The molecule has 5 nitrogen and oxygen atoms in total. The van der Waals surface area contributed by atoms with Gasteiger partial charge >= 0.3 is 0 Å². The number of thiol groups is 1. The molecule has 0 bridgehead atoms. The zero-order valence-corrected chi connectivity index (χ0v) is 7.13. The average Bonchev–Trinajstić information content (AvgIpc) is 2.12. The molecule has 0 aliphatic carbocycles. The zero-order chi connectivity index (χ0) is 9.72. The minimum absolute atomic E-state index is 0.103. The van der Waals surface area contributed by atoms with Gasteiger partial charge in [0.1, 0.15) is 12.2 Å². The quantitative estimate of drug-likeness (QED) is 0.248. The van der Waals surface area contributed by atoms with Crippen molar-refractivity contribution in [1.29, 1.82) is 0 Å². The normalized spacial score (nSPS) is 21.1. The Morgan fingerprint density at radius 2 is 1.75 bits per heavy atom. The first-order valence-corrected chi connectivity index (χ1v) is 3.84. The van der Waals surface area contributed by atoms with Gasteiger partial charge in [0.15, 0.2) is 6.29 Å². The molecule has 0 heterocycles. The van der Waals surface area contributed by atoms with Crippen LogP contribution in [0.3, 0.4) is 0 Å². The molecule has 0 rings (SSSR count). The summed E-state index contributed by atoms with van der Waals surface area (Å²) in [4.78, 5) is 9.95. The summed E-state index contributed by atoms with van der Waals surface area (Å²) in [5.74, 6) is 0. The first-order chi connectivity index (χ1) is 5.54. The van der Waals surface area contributed by atoms with E-state index in [0.717, 1.165) is 0 Å². The summed E-state index contributed by atoms with van der Waals surface area (Å²) in [5.41, 5.74) is 0. The van der Waals surface area contributed by atoms with Crippen molar-refractivity contribution < 1.29 is 25.2 Å². The summed E-state index contributed by atoms with van der Waals surface area (Å²) in [6.45, 7) is -0.451. The van der Waals surface area contributed by atoms with Gasteiger partial charge in [0, 0.05) is 0 Å². The predicted octanol–water partition coefficient (Wildman–Crippen LogP) is -2.44. The van der Waals surface area contributed by atoms with Gasteiger partial charge in [-0.15, -0.1) is 0 Å². The smallest absolute Gasteiger partial charge is 0.151 e. The molecule has 0 aliphatic rings. The maximum Gasteiger partial charge on any atom is 0.151 e. The van der Waals surface area contributed by atoms with Crippen LogP contribution in [-0.2, 0) is 4.79 Å². The van der Waals surface area contributed by atoms with Crippen LogP contribution in [0.15, 0.2) is 0 Å². The molecule has 0 amide bonds. The Bertz CT molecular complexity index is 142. The van der Waals surface area contributed by atoms with E-state index in [1.165, 1.54) is 0 Å². The van der Waals surface area contributed by atoms with E-state index in [-0.39, 0.29) is 6.29 Å². The van der Waals surface area contributed by atoms with E-state index < -0.39 is 30.2 Å². The van der Waals surface area contributed by atoms with Crippen LogP contribution in [0.25, 0.3) is 0 Å². The molecular weight excluding hydrogens is 184 g/mol. The Morgan fingerprint density at radius 1 is 1.25 bits per heavy atom. The number of hydrogen-bond donors (Lipinski definition) is 5. The molecule has 72 valence electrons. The van der Waals surface area contributed by atoms with Crippen LogP contribution in [0.4, 0.5) is 0 Å². The summed E-state index contributed by atoms with van der Waals surface area (Å²) in [7, 11) is 0. The zero-order valence-electron chi connectivity index (χ0n) is 6.24. The van der Waals surface area contributed by atoms with Crippen LogP contribution < -0.4 is 0 Å². The van der Waals surface area contributed by atoms with E-state index in [9.17, 15) is 4.79 Å².